The second kappa shape index (κ2) is 7.63. The van der Waals surface area contributed by atoms with Crippen molar-refractivity contribution in [2.45, 2.75) is 17.0 Å². The molecule has 0 fully saturated rings. The van der Waals surface area contributed by atoms with Crippen LogP contribution in [0.25, 0.3) is 0 Å². The lowest BCUT2D eigenvalue weighted by molar-refractivity contribution is 0.608. The van der Waals surface area contributed by atoms with Gasteiger partial charge in [-0.15, -0.1) is 16.4 Å². The van der Waals surface area contributed by atoms with Crippen molar-refractivity contribution in [2.24, 2.45) is 0 Å². The molecule has 0 saturated heterocycles. The van der Waals surface area contributed by atoms with Crippen molar-refractivity contribution in [3.63, 3.8) is 0 Å². The maximum atomic E-state index is 4.26. The van der Waals surface area contributed by atoms with Gasteiger partial charge >= 0.3 is 0 Å². The van der Waals surface area contributed by atoms with Gasteiger partial charge < -0.3 is 0 Å². The van der Waals surface area contributed by atoms with E-state index in [0.717, 1.165) is 5.16 Å². The van der Waals surface area contributed by atoms with Crippen molar-refractivity contribution in [3.8, 4) is 0 Å². The summed E-state index contributed by atoms with van der Waals surface area (Å²) in [4.78, 5) is 1.24. The molecule has 4 aromatic rings. The number of benzene rings is 2. The predicted molar refractivity (Wildman–Crippen MR) is 102 cm³/mol. The van der Waals surface area contributed by atoms with Crippen LogP contribution >= 0.6 is 23.1 Å². The van der Waals surface area contributed by atoms with Crippen LogP contribution in [-0.2, 0) is 6.54 Å². The van der Waals surface area contributed by atoms with E-state index in [0.29, 0.717) is 6.54 Å². The zero-order chi connectivity index (χ0) is 16.9. The van der Waals surface area contributed by atoms with E-state index in [1.54, 1.807) is 23.1 Å². The summed E-state index contributed by atoms with van der Waals surface area (Å²) in [6.07, 6.45) is 0. The largest absolute Gasteiger partial charge is 0.215 e. The van der Waals surface area contributed by atoms with Gasteiger partial charge in [-0.3, -0.25) is 0 Å². The standard InChI is InChI=1S/C19H16N4S2/c1-3-8-15(9-4-1)18(16-10-5-2-6-11-16)25-19-20-21-22-23(19)14-17-12-7-13-24-17/h1-13,18H,14H2. The molecule has 0 saturated carbocycles. The number of rotatable bonds is 6. The van der Waals surface area contributed by atoms with Gasteiger partial charge in [0.1, 0.15) is 0 Å². The number of nitrogens with zero attached hydrogens (tertiary/aromatic N) is 4. The lowest BCUT2D eigenvalue weighted by atomic mass is 10.0. The van der Waals surface area contributed by atoms with Crippen molar-refractivity contribution >= 4 is 23.1 Å². The van der Waals surface area contributed by atoms with Crippen LogP contribution in [0.4, 0.5) is 0 Å². The summed E-state index contributed by atoms with van der Waals surface area (Å²) in [5, 5.41) is 15.4. The molecule has 0 unspecified atom stereocenters. The van der Waals surface area contributed by atoms with Crippen LogP contribution in [0.2, 0.25) is 0 Å². The number of thioether (sulfide) groups is 1. The normalized spacial score (nSPS) is 11.1. The Morgan fingerprint density at radius 1 is 0.880 bits per heavy atom. The average molecular weight is 364 g/mol. The molecule has 0 spiro atoms. The van der Waals surface area contributed by atoms with E-state index in [9.17, 15) is 0 Å². The van der Waals surface area contributed by atoms with E-state index in [2.05, 4.69) is 75.5 Å². The van der Waals surface area contributed by atoms with Gasteiger partial charge in [-0.1, -0.05) is 78.5 Å². The Morgan fingerprint density at radius 2 is 1.56 bits per heavy atom. The molecule has 0 amide bonds. The van der Waals surface area contributed by atoms with Gasteiger partial charge in [0.2, 0.25) is 5.16 Å². The Hall–Kier alpha value is -2.44. The van der Waals surface area contributed by atoms with E-state index in [1.165, 1.54) is 16.0 Å². The highest BCUT2D eigenvalue weighted by Crippen LogP contribution is 2.39. The van der Waals surface area contributed by atoms with Crippen LogP contribution in [0.5, 0.6) is 0 Å². The Labute approximate surface area is 154 Å². The molecule has 0 aliphatic heterocycles. The third-order valence-electron chi connectivity index (χ3n) is 3.81. The topological polar surface area (TPSA) is 43.6 Å². The maximum absolute atomic E-state index is 4.26. The molecule has 2 aromatic carbocycles. The van der Waals surface area contributed by atoms with Gasteiger partial charge in [-0.25, -0.2) is 4.68 Å². The molecule has 6 heteroatoms. The summed E-state index contributed by atoms with van der Waals surface area (Å²) in [5.41, 5.74) is 2.48. The molecule has 0 aliphatic carbocycles. The Bertz CT molecular complexity index is 866. The summed E-state index contributed by atoms with van der Waals surface area (Å²) < 4.78 is 1.87. The fraction of sp³-hybridized carbons (Fsp3) is 0.105. The quantitative estimate of drug-likeness (QED) is 0.467. The monoisotopic (exact) mass is 364 g/mol. The SMILES string of the molecule is c1ccc(C(Sc2nnnn2Cc2cccs2)c2ccccc2)cc1. The third kappa shape index (κ3) is 3.81. The number of thiophene rings is 1. The molecule has 0 aliphatic rings. The summed E-state index contributed by atoms with van der Waals surface area (Å²) in [6, 6.07) is 25.1. The Morgan fingerprint density at radius 3 is 2.16 bits per heavy atom. The van der Waals surface area contributed by atoms with E-state index in [1.807, 2.05) is 22.9 Å². The van der Waals surface area contributed by atoms with Crippen molar-refractivity contribution in [2.75, 3.05) is 0 Å². The molecule has 4 rings (SSSR count). The van der Waals surface area contributed by atoms with Crippen LogP contribution in [-0.4, -0.2) is 20.2 Å². The first-order valence-electron chi connectivity index (χ1n) is 7.95. The van der Waals surface area contributed by atoms with Gasteiger partial charge in [-0.2, -0.15) is 0 Å². The fourth-order valence-corrected chi connectivity index (χ4v) is 4.41. The molecule has 2 aromatic heterocycles. The second-order valence-corrected chi connectivity index (χ2v) is 7.62. The zero-order valence-electron chi connectivity index (χ0n) is 13.4. The van der Waals surface area contributed by atoms with E-state index >= 15 is 0 Å². The molecule has 25 heavy (non-hydrogen) atoms. The first kappa shape index (κ1) is 16.1. The molecular weight excluding hydrogens is 348 g/mol. The smallest absolute Gasteiger partial charge is 0.210 e. The van der Waals surface area contributed by atoms with Gasteiger partial charge in [0.25, 0.3) is 0 Å². The van der Waals surface area contributed by atoms with Crippen LogP contribution in [0, 0.1) is 0 Å². The van der Waals surface area contributed by atoms with Gasteiger partial charge in [0.15, 0.2) is 0 Å². The minimum Gasteiger partial charge on any atom is -0.215 e. The van der Waals surface area contributed by atoms with Crippen LogP contribution in [0.1, 0.15) is 21.3 Å². The first-order valence-corrected chi connectivity index (χ1v) is 9.71. The highest BCUT2D eigenvalue weighted by molar-refractivity contribution is 7.99. The minimum atomic E-state index is 0.149. The minimum absolute atomic E-state index is 0.149. The summed E-state index contributed by atoms with van der Waals surface area (Å²) in [5.74, 6) is 0. The highest BCUT2D eigenvalue weighted by atomic mass is 32.2. The van der Waals surface area contributed by atoms with Crippen LogP contribution < -0.4 is 0 Å². The van der Waals surface area contributed by atoms with E-state index in [4.69, 9.17) is 0 Å². The number of hydrogen-bond donors (Lipinski definition) is 0. The molecule has 0 bridgehead atoms. The molecule has 0 atom stereocenters. The molecule has 0 radical (unpaired) electrons. The highest BCUT2D eigenvalue weighted by Gasteiger charge is 2.19. The first-order chi connectivity index (χ1) is 12.4. The van der Waals surface area contributed by atoms with E-state index in [-0.39, 0.29) is 5.25 Å². The predicted octanol–water partition coefficient (Wildman–Crippen LogP) is 4.66. The summed E-state index contributed by atoms with van der Waals surface area (Å²) >= 11 is 3.40. The van der Waals surface area contributed by atoms with Crippen molar-refractivity contribution in [1.82, 2.24) is 20.2 Å². The Kier molecular flexibility index (Phi) is 4.90. The molecule has 2 heterocycles. The van der Waals surface area contributed by atoms with Crippen molar-refractivity contribution in [3.05, 3.63) is 94.2 Å². The number of hydrogen-bond acceptors (Lipinski definition) is 5. The van der Waals surface area contributed by atoms with Crippen LogP contribution in [0.15, 0.2) is 83.3 Å². The lowest BCUT2D eigenvalue weighted by Crippen LogP contribution is -2.05. The molecule has 0 N–H and O–H groups in total. The molecule has 124 valence electrons. The van der Waals surface area contributed by atoms with Crippen molar-refractivity contribution < 1.29 is 0 Å². The fourth-order valence-electron chi connectivity index (χ4n) is 2.62. The van der Waals surface area contributed by atoms with Gasteiger partial charge in [-0.05, 0) is 33.0 Å². The molecule has 4 nitrogen and oxygen atoms in total. The van der Waals surface area contributed by atoms with Crippen LogP contribution in [0.3, 0.4) is 0 Å². The molecular formula is C19H16N4S2. The zero-order valence-corrected chi connectivity index (χ0v) is 15.0. The average Bonchev–Trinajstić information content (AvgIpc) is 3.34. The Balaban J connectivity index is 1.65. The summed E-state index contributed by atoms with van der Waals surface area (Å²) in [6.45, 7) is 0.698. The van der Waals surface area contributed by atoms with Gasteiger partial charge in [0, 0.05) is 4.88 Å². The summed E-state index contributed by atoms with van der Waals surface area (Å²) in [7, 11) is 0. The van der Waals surface area contributed by atoms with Crippen molar-refractivity contribution in [1.29, 1.82) is 0 Å². The number of tetrazole rings is 1. The number of aromatic nitrogens is 4. The maximum Gasteiger partial charge on any atom is 0.210 e. The van der Waals surface area contributed by atoms with Gasteiger partial charge in [0.05, 0.1) is 11.8 Å². The van der Waals surface area contributed by atoms with E-state index < -0.39 is 0 Å². The second-order valence-electron chi connectivity index (χ2n) is 5.52. The third-order valence-corrected chi connectivity index (χ3v) is 5.96. The lowest BCUT2D eigenvalue weighted by Gasteiger charge is -2.17.